The van der Waals surface area contributed by atoms with Crippen molar-refractivity contribution in [2.24, 2.45) is 0 Å². The second-order valence-electron chi connectivity index (χ2n) is 7.24. The number of rotatable bonds is 1. The average Bonchev–Trinajstić information content (AvgIpc) is 2.79. The van der Waals surface area contributed by atoms with E-state index in [1.165, 1.54) is 0 Å². The van der Waals surface area contributed by atoms with Crippen LogP contribution >= 0.6 is 0 Å². The van der Waals surface area contributed by atoms with E-state index in [2.05, 4.69) is 36.4 Å². The third-order valence-corrected chi connectivity index (χ3v) is 5.58. The largest absolute Gasteiger partial charge is 0.268 e. The molecule has 0 atom stereocenters. The molecule has 2 heterocycles. The van der Waals surface area contributed by atoms with Gasteiger partial charge in [-0.25, -0.2) is 4.98 Å². The van der Waals surface area contributed by atoms with Crippen LogP contribution in [0.25, 0.3) is 49.4 Å². The molecule has 4 aromatic carbocycles. The van der Waals surface area contributed by atoms with Gasteiger partial charge in [-0.05, 0) is 34.7 Å². The molecule has 0 radical (unpaired) electrons. The summed E-state index contributed by atoms with van der Waals surface area (Å²) in [6, 6.07) is 32.3. The molecule has 6 rings (SSSR count). The van der Waals surface area contributed by atoms with Crippen LogP contribution < -0.4 is 5.56 Å². The Bertz CT molecular complexity index is 1620. The second-order valence-corrected chi connectivity index (χ2v) is 7.24. The van der Waals surface area contributed by atoms with Gasteiger partial charge in [0.1, 0.15) is 5.65 Å². The van der Waals surface area contributed by atoms with Crippen molar-refractivity contribution < 1.29 is 0 Å². The summed E-state index contributed by atoms with van der Waals surface area (Å²) in [4.78, 5) is 18.4. The van der Waals surface area contributed by atoms with Crippen molar-refractivity contribution in [1.82, 2.24) is 9.38 Å². The molecule has 0 aliphatic carbocycles. The van der Waals surface area contributed by atoms with Gasteiger partial charge in [0.15, 0.2) is 0 Å². The van der Waals surface area contributed by atoms with E-state index in [9.17, 15) is 4.79 Å². The third kappa shape index (κ3) is 2.31. The molecule has 0 N–H and O–H groups in total. The van der Waals surface area contributed by atoms with Crippen LogP contribution in [0.2, 0.25) is 0 Å². The molecular formula is C26H16N2O. The Labute approximate surface area is 166 Å². The van der Waals surface area contributed by atoms with Crippen molar-refractivity contribution in [3.8, 4) is 11.1 Å². The first kappa shape index (κ1) is 16.0. The Morgan fingerprint density at radius 1 is 0.586 bits per heavy atom. The molecule has 3 heteroatoms. The highest BCUT2D eigenvalue weighted by Crippen LogP contribution is 2.31. The molecule has 6 aromatic rings. The van der Waals surface area contributed by atoms with E-state index in [0.29, 0.717) is 11.0 Å². The van der Waals surface area contributed by atoms with E-state index in [-0.39, 0.29) is 5.56 Å². The summed E-state index contributed by atoms with van der Waals surface area (Å²) in [7, 11) is 0. The quantitative estimate of drug-likeness (QED) is 0.269. The van der Waals surface area contributed by atoms with Crippen molar-refractivity contribution in [3.63, 3.8) is 0 Å². The molecule has 2 aromatic heterocycles. The molecule has 0 fully saturated rings. The van der Waals surface area contributed by atoms with Gasteiger partial charge in [0.05, 0.1) is 16.4 Å². The van der Waals surface area contributed by atoms with Crippen LogP contribution in [0.5, 0.6) is 0 Å². The minimum Gasteiger partial charge on any atom is -0.268 e. The molecule has 0 unspecified atom stereocenters. The van der Waals surface area contributed by atoms with Gasteiger partial charge in [-0.2, -0.15) is 0 Å². The van der Waals surface area contributed by atoms with Gasteiger partial charge < -0.3 is 0 Å². The molecule has 29 heavy (non-hydrogen) atoms. The number of hydrogen-bond acceptors (Lipinski definition) is 2. The number of hydrogen-bond donors (Lipinski definition) is 0. The van der Waals surface area contributed by atoms with Crippen molar-refractivity contribution in [3.05, 3.63) is 107 Å². The van der Waals surface area contributed by atoms with E-state index in [4.69, 9.17) is 4.98 Å². The average molecular weight is 372 g/mol. The van der Waals surface area contributed by atoms with Gasteiger partial charge in [0.25, 0.3) is 5.56 Å². The molecule has 136 valence electrons. The van der Waals surface area contributed by atoms with E-state index in [1.54, 1.807) is 4.40 Å². The maximum atomic E-state index is 13.5. The fourth-order valence-corrected chi connectivity index (χ4v) is 4.20. The molecular weight excluding hydrogens is 356 g/mol. The summed E-state index contributed by atoms with van der Waals surface area (Å²) in [5.74, 6) is 0. The predicted octanol–water partition coefficient (Wildman–Crippen LogP) is 5.82. The SMILES string of the molecule is O=c1c2ccccc2nc2c3ccccc3c3ccc(-c4ccccc4)cc3n12. The van der Waals surface area contributed by atoms with Crippen LogP contribution in [-0.4, -0.2) is 9.38 Å². The topological polar surface area (TPSA) is 34.4 Å². The number of aromatic nitrogens is 2. The zero-order valence-corrected chi connectivity index (χ0v) is 15.5. The minimum absolute atomic E-state index is 0.0356. The van der Waals surface area contributed by atoms with Crippen LogP contribution in [0.3, 0.4) is 0 Å². The lowest BCUT2D eigenvalue weighted by atomic mass is 10.00. The van der Waals surface area contributed by atoms with E-state index >= 15 is 0 Å². The Morgan fingerprint density at radius 2 is 1.28 bits per heavy atom. The number of benzene rings is 4. The first-order chi connectivity index (χ1) is 14.3. The number of fused-ring (bicyclic) bond motifs is 7. The Morgan fingerprint density at radius 3 is 2.10 bits per heavy atom. The number of para-hydroxylation sites is 1. The molecule has 0 saturated carbocycles. The lowest BCUT2D eigenvalue weighted by molar-refractivity contribution is 1.14. The van der Waals surface area contributed by atoms with E-state index in [1.807, 2.05) is 60.7 Å². The number of nitrogens with zero attached hydrogens (tertiary/aromatic N) is 2. The Hall–Kier alpha value is -3.98. The fraction of sp³-hybridized carbons (Fsp3) is 0. The van der Waals surface area contributed by atoms with E-state index in [0.717, 1.165) is 38.3 Å². The predicted molar refractivity (Wildman–Crippen MR) is 119 cm³/mol. The van der Waals surface area contributed by atoms with Crippen LogP contribution in [-0.2, 0) is 0 Å². The van der Waals surface area contributed by atoms with Crippen molar-refractivity contribution >= 4 is 38.2 Å². The lowest BCUT2D eigenvalue weighted by Gasteiger charge is -2.13. The lowest BCUT2D eigenvalue weighted by Crippen LogP contribution is -2.16. The van der Waals surface area contributed by atoms with Crippen LogP contribution in [0.1, 0.15) is 0 Å². The van der Waals surface area contributed by atoms with Crippen LogP contribution in [0.15, 0.2) is 102 Å². The molecule has 0 spiro atoms. The highest BCUT2D eigenvalue weighted by molar-refractivity contribution is 6.12. The standard InChI is InChI=1S/C26H16N2O/c29-26-22-12-6-7-13-23(22)27-25-21-11-5-4-10-19(21)20-15-14-18(16-24(20)28(25)26)17-8-2-1-3-9-17/h1-16H. The Kier molecular flexibility index (Phi) is 3.32. The summed E-state index contributed by atoms with van der Waals surface area (Å²) in [5.41, 5.74) is 4.46. The molecule has 0 amide bonds. The van der Waals surface area contributed by atoms with Gasteiger partial charge in [-0.3, -0.25) is 9.20 Å². The maximum absolute atomic E-state index is 13.5. The van der Waals surface area contributed by atoms with E-state index < -0.39 is 0 Å². The third-order valence-electron chi connectivity index (χ3n) is 5.58. The van der Waals surface area contributed by atoms with Crippen LogP contribution in [0.4, 0.5) is 0 Å². The molecule has 0 aliphatic heterocycles. The van der Waals surface area contributed by atoms with Crippen LogP contribution in [0, 0.1) is 0 Å². The molecule has 0 aliphatic rings. The summed E-state index contributed by atoms with van der Waals surface area (Å²) in [5, 5.41) is 3.76. The molecule has 0 bridgehead atoms. The van der Waals surface area contributed by atoms with Gasteiger partial charge in [0, 0.05) is 10.8 Å². The first-order valence-corrected chi connectivity index (χ1v) is 9.63. The summed E-state index contributed by atoms with van der Waals surface area (Å²) < 4.78 is 1.77. The van der Waals surface area contributed by atoms with Crippen molar-refractivity contribution in [1.29, 1.82) is 0 Å². The fourth-order valence-electron chi connectivity index (χ4n) is 4.20. The number of pyridine rings is 1. The zero-order valence-electron chi connectivity index (χ0n) is 15.5. The van der Waals surface area contributed by atoms with Gasteiger partial charge in [-0.1, -0.05) is 78.9 Å². The van der Waals surface area contributed by atoms with Gasteiger partial charge in [-0.15, -0.1) is 0 Å². The Balaban J connectivity index is 1.88. The highest BCUT2D eigenvalue weighted by Gasteiger charge is 2.14. The molecule has 3 nitrogen and oxygen atoms in total. The second kappa shape index (κ2) is 6.01. The summed E-state index contributed by atoms with van der Waals surface area (Å²) in [6.45, 7) is 0. The van der Waals surface area contributed by atoms with Crippen molar-refractivity contribution in [2.75, 3.05) is 0 Å². The summed E-state index contributed by atoms with van der Waals surface area (Å²) >= 11 is 0. The summed E-state index contributed by atoms with van der Waals surface area (Å²) in [6.07, 6.45) is 0. The first-order valence-electron chi connectivity index (χ1n) is 9.63. The monoisotopic (exact) mass is 372 g/mol. The highest BCUT2D eigenvalue weighted by atomic mass is 16.1. The maximum Gasteiger partial charge on any atom is 0.266 e. The van der Waals surface area contributed by atoms with Crippen molar-refractivity contribution in [2.45, 2.75) is 0 Å². The zero-order chi connectivity index (χ0) is 19.4. The minimum atomic E-state index is -0.0356. The van der Waals surface area contributed by atoms with Gasteiger partial charge in [0.2, 0.25) is 0 Å². The van der Waals surface area contributed by atoms with Gasteiger partial charge >= 0.3 is 0 Å². The smallest absolute Gasteiger partial charge is 0.266 e. The normalized spacial score (nSPS) is 11.6. The molecule has 0 saturated heterocycles.